The highest BCUT2D eigenvalue weighted by atomic mass is 16.5. The Labute approximate surface area is 117 Å². The molecule has 0 saturated carbocycles. The lowest BCUT2D eigenvalue weighted by atomic mass is 9.76. The topological polar surface area (TPSA) is 26.3 Å². The predicted octanol–water partition coefficient (Wildman–Crippen LogP) is 3.50. The van der Waals surface area contributed by atoms with Crippen molar-refractivity contribution in [2.24, 2.45) is 0 Å². The fraction of sp³-hybridized carbons (Fsp3) is 0.167. The molecule has 2 aliphatic rings. The van der Waals surface area contributed by atoms with E-state index in [0.717, 1.165) is 28.0 Å². The molecule has 0 aromatic heterocycles. The second kappa shape index (κ2) is 3.83. The van der Waals surface area contributed by atoms with Crippen LogP contribution in [0.15, 0.2) is 54.1 Å². The molecule has 1 atom stereocenters. The van der Waals surface area contributed by atoms with Crippen molar-refractivity contribution in [2.45, 2.75) is 18.9 Å². The maximum absolute atomic E-state index is 12.8. The normalized spacial score (nSPS) is 23.1. The first kappa shape index (κ1) is 11.5. The summed E-state index contributed by atoms with van der Waals surface area (Å²) in [7, 11) is 0. The fourth-order valence-electron chi connectivity index (χ4n) is 3.25. The molecule has 1 aliphatic carbocycles. The minimum atomic E-state index is -0.862. The number of benzene rings is 2. The summed E-state index contributed by atoms with van der Waals surface area (Å²) in [6.07, 6.45) is 2.57. The van der Waals surface area contributed by atoms with Crippen LogP contribution in [0.25, 0.3) is 6.08 Å². The van der Waals surface area contributed by atoms with Gasteiger partial charge in [0.25, 0.3) is 0 Å². The third-order valence-electron chi connectivity index (χ3n) is 4.19. The Balaban J connectivity index is 1.95. The number of Topliss-reactive ketones (excluding diaryl/α,β-unsaturated/α-hetero) is 1. The molecule has 0 bridgehead atoms. The van der Waals surface area contributed by atoms with Crippen LogP contribution in [0.2, 0.25) is 0 Å². The van der Waals surface area contributed by atoms with E-state index in [1.807, 2.05) is 61.5 Å². The Morgan fingerprint density at radius 2 is 1.80 bits per heavy atom. The highest BCUT2D eigenvalue weighted by Crippen LogP contribution is 2.46. The molecule has 1 aliphatic heterocycles. The number of fused-ring (bicyclic) bond motifs is 3. The number of rotatable bonds is 0. The van der Waals surface area contributed by atoms with Gasteiger partial charge in [-0.2, -0.15) is 0 Å². The van der Waals surface area contributed by atoms with E-state index >= 15 is 0 Å². The van der Waals surface area contributed by atoms with Gasteiger partial charge in [-0.05, 0) is 35.8 Å². The van der Waals surface area contributed by atoms with Gasteiger partial charge in [0.1, 0.15) is 5.75 Å². The van der Waals surface area contributed by atoms with Crippen molar-refractivity contribution in [2.75, 3.05) is 0 Å². The first-order valence-corrected chi connectivity index (χ1v) is 6.80. The van der Waals surface area contributed by atoms with Gasteiger partial charge in [-0.15, -0.1) is 0 Å². The van der Waals surface area contributed by atoms with Gasteiger partial charge >= 0.3 is 0 Å². The fourth-order valence-corrected chi connectivity index (χ4v) is 3.25. The molecule has 2 heteroatoms. The second-order valence-corrected chi connectivity index (χ2v) is 5.46. The SMILES string of the molecule is CC1=Cc2ccccc2C2(Cc3ccccc3O2)C1=O. The molecule has 1 spiro atoms. The summed E-state index contributed by atoms with van der Waals surface area (Å²) in [6, 6.07) is 15.9. The molecule has 1 unspecified atom stereocenters. The third-order valence-corrected chi connectivity index (χ3v) is 4.19. The van der Waals surface area contributed by atoms with Gasteiger partial charge in [0, 0.05) is 12.0 Å². The van der Waals surface area contributed by atoms with Gasteiger partial charge in [-0.1, -0.05) is 42.5 Å². The standard InChI is InChI=1S/C18H14O2/c1-12-10-13-6-2-4-8-15(13)18(17(12)19)11-14-7-3-5-9-16(14)20-18/h2-10H,11H2,1H3. The highest BCUT2D eigenvalue weighted by Gasteiger charge is 2.50. The van der Waals surface area contributed by atoms with Crippen molar-refractivity contribution >= 4 is 11.9 Å². The molecule has 20 heavy (non-hydrogen) atoms. The van der Waals surface area contributed by atoms with Gasteiger partial charge in [-0.3, -0.25) is 4.79 Å². The average molecular weight is 262 g/mol. The second-order valence-electron chi connectivity index (χ2n) is 5.46. The molecule has 0 radical (unpaired) electrons. The van der Waals surface area contributed by atoms with Crippen LogP contribution in [0.4, 0.5) is 0 Å². The van der Waals surface area contributed by atoms with Crippen LogP contribution in [0.3, 0.4) is 0 Å². The van der Waals surface area contributed by atoms with Crippen molar-refractivity contribution in [3.05, 3.63) is 70.8 Å². The average Bonchev–Trinajstić information content (AvgIpc) is 2.85. The lowest BCUT2D eigenvalue weighted by molar-refractivity contribution is -0.130. The van der Waals surface area contributed by atoms with Gasteiger partial charge in [0.05, 0.1) is 0 Å². The van der Waals surface area contributed by atoms with E-state index in [-0.39, 0.29) is 5.78 Å². The number of carbonyl (C=O) groups excluding carboxylic acids is 1. The number of carbonyl (C=O) groups is 1. The number of hydrogen-bond acceptors (Lipinski definition) is 2. The Morgan fingerprint density at radius 1 is 1.05 bits per heavy atom. The lowest BCUT2D eigenvalue weighted by Gasteiger charge is -2.32. The van der Waals surface area contributed by atoms with Crippen LogP contribution in [0.5, 0.6) is 5.75 Å². The van der Waals surface area contributed by atoms with Crippen molar-refractivity contribution in [1.82, 2.24) is 0 Å². The molecule has 0 saturated heterocycles. The van der Waals surface area contributed by atoms with E-state index in [4.69, 9.17) is 4.74 Å². The van der Waals surface area contributed by atoms with Crippen LogP contribution in [0, 0.1) is 0 Å². The summed E-state index contributed by atoms with van der Waals surface area (Å²) in [4.78, 5) is 12.8. The van der Waals surface area contributed by atoms with E-state index in [2.05, 4.69) is 0 Å². The van der Waals surface area contributed by atoms with Gasteiger partial charge in [0.15, 0.2) is 0 Å². The number of ether oxygens (including phenoxy) is 1. The molecule has 4 rings (SSSR count). The summed E-state index contributed by atoms with van der Waals surface area (Å²) in [6.45, 7) is 1.87. The molecule has 0 amide bonds. The summed E-state index contributed by atoms with van der Waals surface area (Å²) < 4.78 is 6.15. The first-order chi connectivity index (χ1) is 9.71. The van der Waals surface area contributed by atoms with Crippen molar-refractivity contribution < 1.29 is 9.53 Å². The van der Waals surface area contributed by atoms with Crippen molar-refractivity contribution in [3.8, 4) is 5.75 Å². The molecular formula is C18H14O2. The Bertz CT molecular complexity index is 731. The van der Waals surface area contributed by atoms with Crippen molar-refractivity contribution in [3.63, 3.8) is 0 Å². The molecular weight excluding hydrogens is 248 g/mol. The first-order valence-electron chi connectivity index (χ1n) is 6.80. The maximum atomic E-state index is 12.8. The third kappa shape index (κ3) is 1.36. The zero-order valence-electron chi connectivity index (χ0n) is 11.2. The predicted molar refractivity (Wildman–Crippen MR) is 77.6 cm³/mol. The van der Waals surface area contributed by atoms with Crippen LogP contribution in [-0.4, -0.2) is 5.78 Å². The van der Waals surface area contributed by atoms with Crippen LogP contribution >= 0.6 is 0 Å². The van der Waals surface area contributed by atoms with Crippen LogP contribution in [-0.2, 0) is 16.8 Å². The molecule has 98 valence electrons. The van der Waals surface area contributed by atoms with E-state index in [9.17, 15) is 4.79 Å². The summed E-state index contributed by atoms with van der Waals surface area (Å²) in [5, 5.41) is 0. The minimum absolute atomic E-state index is 0.0763. The molecule has 2 aromatic carbocycles. The smallest absolute Gasteiger partial charge is 0.207 e. The highest BCUT2D eigenvalue weighted by molar-refractivity contribution is 6.09. The van der Waals surface area contributed by atoms with Crippen LogP contribution in [0.1, 0.15) is 23.6 Å². The summed E-state index contributed by atoms with van der Waals surface area (Å²) >= 11 is 0. The quantitative estimate of drug-likeness (QED) is 0.726. The van der Waals surface area contributed by atoms with E-state index in [1.165, 1.54) is 0 Å². The molecule has 2 nitrogen and oxygen atoms in total. The van der Waals surface area contributed by atoms with Crippen molar-refractivity contribution in [1.29, 1.82) is 0 Å². The number of hydrogen-bond donors (Lipinski definition) is 0. The largest absolute Gasteiger partial charge is 0.474 e. The summed E-state index contributed by atoms with van der Waals surface area (Å²) in [5.74, 6) is 0.901. The van der Waals surface area contributed by atoms with Gasteiger partial charge in [0.2, 0.25) is 11.4 Å². The minimum Gasteiger partial charge on any atom is -0.474 e. The monoisotopic (exact) mass is 262 g/mol. The number of ketones is 1. The maximum Gasteiger partial charge on any atom is 0.207 e. The zero-order valence-corrected chi connectivity index (χ0v) is 11.2. The van der Waals surface area contributed by atoms with Gasteiger partial charge in [-0.25, -0.2) is 0 Å². The van der Waals surface area contributed by atoms with E-state index in [0.29, 0.717) is 6.42 Å². The lowest BCUT2D eigenvalue weighted by Crippen LogP contribution is -2.43. The Hall–Kier alpha value is -2.35. The zero-order chi connectivity index (χ0) is 13.7. The van der Waals surface area contributed by atoms with E-state index < -0.39 is 5.60 Å². The Kier molecular flexibility index (Phi) is 2.19. The molecule has 1 heterocycles. The number of para-hydroxylation sites is 1. The van der Waals surface area contributed by atoms with Crippen LogP contribution < -0.4 is 4.74 Å². The molecule has 0 fully saturated rings. The Morgan fingerprint density at radius 3 is 2.65 bits per heavy atom. The van der Waals surface area contributed by atoms with Gasteiger partial charge < -0.3 is 4.74 Å². The molecule has 2 aromatic rings. The summed E-state index contributed by atoms with van der Waals surface area (Å²) in [5.41, 5.74) is 3.06. The molecule has 0 N–H and O–H groups in total. The van der Waals surface area contributed by atoms with E-state index in [1.54, 1.807) is 0 Å².